The van der Waals surface area contributed by atoms with Crippen molar-refractivity contribution < 1.29 is 14.3 Å². The summed E-state index contributed by atoms with van der Waals surface area (Å²) in [5.41, 5.74) is 2.35. The van der Waals surface area contributed by atoms with E-state index in [2.05, 4.69) is 10.6 Å². The predicted octanol–water partition coefficient (Wildman–Crippen LogP) is 3.45. The van der Waals surface area contributed by atoms with E-state index in [1.165, 1.54) is 11.8 Å². The molecule has 2 aromatic rings. The second kappa shape index (κ2) is 6.97. The van der Waals surface area contributed by atoms with Crippen LogP contribution in [0.1, 0.15) is 12.5 Å². The van der Waals surface area contributed by atoms with Gasteiger partial charge in [-0.2, -0.15) is 0 Å². The molecule has 0 spiro atoms. The Morgan fingerprint density at radius 3 is 2.88 bits per heavy atom. The van der Waals surface area contributed by atoms with Gasteiger partial charge in [0.1, 0.15) is 5.75 Å². The number of rotatable bonds is 4. The lowest BCUT2D eigenvalue weighted by Crippen LogP contribution is -2.34. The highest BCUT2D eigenvalue weighted by atomic mass is 32.2. The number of hydrogen-bond acceptors (Lipinski definition) is 4. The Bertz CT molecular complexity index is 792. The molecule has 124 valence electrons. The Morgan fingerprint density at radius 1 is 1.29 bits per heavy atom. The molecular weight excluding hydrogens is 324 g/mol. The van der Waals surface area contributed by atoms with Crippen molar-refractivity contribution in [2.24, 2.45) is 0 Å². The quantitative estimate of drug-likeness (QED) is 0.835. The van der Waals surface area contributed by atoms with E-state index in [9.17, 15) is 9.59 Å². The summed E-state index contributed by atoms with van der Waals surface area (Å²) in [6.45, 7) is 3.71. The number of fused-ring (bicyclic) bond motifs is 1. The molecule has 0 aliphatic carbocycles. The monoisotopic (exact) mass is 342 g/mol. The summed E-state index contributed by atoms with van der Waals surface area (Å²) >= 11 is 1.50. The van der Waals surface area contributed by atoms with Crippen molar-refractivity contribution in [2.75, 3.05) is 16.4 Å². The molecule has 0 saturated heterocycles. The summed E-state index contributed by atoms with van der Waals surface area (Å²) in [5, 5.41) is 5.61. The first-order valence-electron chi connectivity index (χ1n) is 7.63. The van der Waals surface area contributed by atoms with E-state index in [-0.39, 0.29) is 11.8 Å². The van der Waals surface area contributed by atoms with Crippen LogP contribution < -0.4 is 15.4 Å². The largest absolute Gasteiger partial charge is 0.479 e. The minimum atomic E-state index is -0.511. The van der Waals surface area contributed by atoms with Gasteiger partial charge in [0.05, 0.1) is 11.4 Å². The van der Waals surface area contributed by atoms with E-state index in [0.29, 0.717) is 22.9 Å². The standard InChI is InChI=1S/C18H18N2O3S/c1-11-5-3-4-6-16(11)24-10-17(21)19-13-7-8-15-14(9-13)20-18(22)12(2)23-15/h3-9,12H,10H2,1-2H3,(H,19,21)(H,20,22). The molecule has 0 bridgehead atoms. The van der Waals surface area contributed by atoms with Crippen molar-refractivity contribution in [3.63, 3.8) is 0 Å². The van der Waals surface area contributed by atoms with Crippen LogP contribution in [0.15, 0.2) is 47.4 Å². The molecule has 5 nitrogen and oxygen atoms in total. The van der Waals surface area contributed by atoms with Gasteiger partial charge in [0, 0.05) is 10.6 Å². The molecule has 1 heterocycles. The highest BCUT2D eigenvalue weighted by molar-refractivity contribution is 8.00. The number of amides is 2. The minimum absolute atomic E-state index is 0.0976. The summed E-state index contributed by atoms with van der Waals surface area (Å²) in [4.78, 5) is 24.9. The normalized spacial score (nSPS) is 15.9. The molecule has 3 rings (SSSR count). The number of anilines is 2. The Labute approximate surface area is 144 Å². The first-order chi connectivity index (χ1) is 11.5. The first kappa shape index (κ1) is 16.4. The number of ether oxygens (including phenoxy) is 1. The lowest BCUT2D eigenvalue weighted by atomic mass is 10.2. The Hall–Kier alpha value is -2.47. The van der Waals surface area contributed by atoms with Gasteiger partial charge in [-0.3, -0.25) is 9.59 Å². The summed E-state index contributed by atoms with van der Waals surface area (Å²) in [6, 6.07) is 13.2. The maximum Gasteiger partial charge on any atom is 0.265 e. The summed E-state index contributed by atoms with van der Waals surface area (Å²) in [5.74, 6) is 0.636. The summed E-state index contributed by atoms with van der Waals surface area (Å²) in [6.07, 6.45) is -0.511. The fourth-order valence-electron chi connectivity index (χ4n) is 2.35. The van der Waals surface area contributed by atoms with Gasteiger partial charge in [0.15, 0.2) is 6.10 Å². The Morgan fingerprint density at radius 2 is 2.08 bits per heavy atom. The van der Waals surface area contributed by atoms with Gasteiger partial charge in [-0.1, -0.05) is 18.2 Å². The van der Waals surface area contributed by atoms with Crippen molar-refractivity contribution in [2.45, 2.75) is 24.8 Å². The van der Waals surface area contributed by atoms with E-state index in [1.54, 1.807) is 25.1 Å². The van der Waals surface area contributed by atoms with Gasteiger partial charge >= 0.3 is 0 Å². The van der Waals surface area contributed by atoms with Crippen LogP contribution in [0.3, 0.4) is 0 Å². The molecule has 2 amide bonds. The van der Waals surface area contributed by atoms with Gasteiger partial charge in [-0.15, -0.1) is 11.8 Å². The third-order valence-electron chi connectivity index (χ3n) is 3.65. The molecule has 0 radical (unpaired) electrons. The minimum Gasteiger partial charge on any atom is -0.479 e. The van der Waals surface area contributed by atoms with Crippen molar-refractivity contribution in [1.82, 2.24) is 0 Å². The Balaban J connectivity index is 1.62. The summed E-state index contributed by atoms with van der Waals surface area (Å²) < 4.78 is 5.49. The van der Waals surface area contributed by atoms with Gasteiger partial charge in [-0.05, 0) is 43.7 Å². The average Bonchev–Trinajstić information content (AvgIpc) is 2.55. The molecule has 1 unspecified atom stereocenters. The molecule has 1 aliphatic heterocycles. The SMILES string of the molecule is Cc1ccccc1SCC(=O)Nc1ccc2c(c1)NC(=O)C(C)O2. The average molecular weight is 342 g/mol. The van der Waals surface area contributed by atoms with Crippen molar-refractivity contribution >= 4 is 35.0 Å². The van der Waals surface area contributed by atoms with Gasteiger partial charge in [0.25, 0.3) is 5.91 Å². The topological polar surface area (TPSA) is 67.4 Å². The van der Waals surface area contributed by atoms with Crippen LogP contribution in [0.25, 0.3) is 0 Å². The molecule has 1 atom stereocenters. The molecule has 2 aromatic carbocycles. The second-order valence-corrected chi connectivity index (χ2v) is 6.58. The molecular formula is C18H18N2O3S. The second-order valence-electron chi connectivity index (χ2n) is 5.56. The van der Waals surface area contributed by atoms with Crippen molar-refractivity contribution in [3.05, 3.63) is 48.0 Å². The van der Waals surface area contributed by atoms with Crippen LogP contribution in [0, 0.1) is 6.92 Å². The number of benzene rings is 2. The van der Waals surface area contributed by atoms with Crippen molar-refractivity contribution in [3.8, 4) is 5.75 Å². The third-order valence-corrected chi connectivity index (χ3v) is 4.82. The van der Waals surface area contributed by atoms with Crippen molar-refractivity contribution in [1.29, 1.82) is 0 Å². The molecule has 0 fully saturated rings. The lowest BCUT2D eigenvalue weighted by molar-refractivity contribution is -0.122. The molecule has 24 heavy (non-hydrogen) atoms. The number of carbonyl (C=O) groups excluding carboxylic acids is 2. The number of nitrogens with one attached hydrogen (secondary N) is 2. The highest BCUT2D eigenvalue weighted by Crippen LogP contribution is 2.32. The van der Waals surface area contributed by atoms with Crippen LogP contribution in [-0.4, -0.2) is 23.7 Å². The Kier molecular flexibility index (Phi) is 4.76. The fraction of sp³-hybridized carbons (Fsp3) is 0.222. The molecule has 0 aromatic heterocycles. The maximum absolute atomic E-state index is 12.1. The van der Waals surface area contributed by atoms with Crippen LogP contribution >= 0.6 is 11.8 Å². The van der Waals surface area contributed by atoms with E-state index in [4.69, 9.17) is 4.74 Å². The maximum atomic E-state index is 12.1. The molecule has 1 aliphatic rings. The van der Waals surface area contributed by atoms with Crippen LogP contribution in [-0.2, 0) is 9.59 Å². The smallest absolute Gasteiger partial charge is 0.265 e. The number of thioether (sulfide) groups is 1. The third kappa shape index (κ3) is 3.71. The number of aryl methyl sites for hydroxylation is 1. The van der Waals surface area contributed by atoms with Gasteiger partial charge < -0.3 is 15.4 Å². The predicted molar refractivity (Wildman–Crippen MR) is 95.7 cm³/mol. The van der Waals surface area contributed by atoms with E-state index in [0.717, 1.165) is 10.5 Å². The van der Waals surface area contributed by atoms with E-state index in [1.807, 2.05) is 31.2 Å². The molecule has 0 saturated carbocycles. The van der Waals surface area contributed by atoms with E-state index < -0.39 is 6.10 Å². The van der Waals surface area contributed by atoms with E-state index >= 15 is 0 Å². The lowest BCUT2D eigenvalue weighted by Gasteiger charge is -2.23. The zero-order valence-corrected chi connectivity index (χ0v) is 14.3. The highest BCUT2D eigenvalue weighted by Gasteiger charge is 2.23. The fourth-order valence-corrected chi connectivity index (χ4v) is 3.17. The number of hydrogen-bond donors (Lipinski definition) is 2. The van der Waals surface area contributed by atoms with Gasteiger partial charge in [0.2, 0.25) is 5.91 Å². The van der Waals surface area contributed by atoms with Crippen LogP contribution in [0.2, 0.25) is 0 Å². The van der Waals surface area contributed by atoms with Gasteiger partial charge in [-0.25, -0.2) is 0 Å². The zero-order chi connectivity index (χ0) is 17.1. The summed E-state index contributed by atoms with van der Waals surface area (Å²) in [7, 11) is 0. The number of carbonyl (C=O) groups is 2. The van der Waals surface area contributed by atoms with Crippen LogP contribution in [0.5, 0.6) is 5.75 Å². The zero-order valence-electron chi connectivity index (χ0n) is 13.5. The van der Waals surface area contributed by atoms with Crippen LogP contribution in [0.4, 0.5) is 11.4 Å². The molecule has 6 heteroatoms. The molecule has 2 N–H and O–H groups in total. The first-order valence-corrected chi connectivity index (χ1v) is 8.61.